The molecule has 0 aliphatic carbocycles. The predicted octanol–water partition coefficient (Wildman–Crippen LogP) is 3.35. The lowest BCUT2D eigenvalue weighted by Crippen LogP contribution is -2.48. The molecule has 0 spiro atoms. The molecule has 0 unspecified atom stereocenters. The number of amides is 1. The first-order chi connectivity index (χ1) is 13.6. The summed E-state index contributed by atoms with van der Waals surface area (Å²) in [6.45, 7) is 11.3. The number of guanidine groups is 1. The number of likely N-dealkylation sites (tertiary alicyclic amines) is 1. The number of aliphatic imine (C=N–C) groups is 1. The Hall–Kier alpha value is -2.08. The average Bonchev–Trinajstić information content (AvgIpc) is 2.68. The minimum atomic E-state index is 0.0626. The normalized spacial score (nSPS) is 16.0. The van der Waals surface area contributed by atoms with Crippen molar-refractivity contribution in [3.63, 3.8) is 0 Å². The number of anilines is 1. The Bertz CT molecular complexity index is 623. The Balaban J connectivity index is 1.90. The van der Waals surface area contributed by atoms with E-state index >= 15 is 0 Å². The maximum Gasteiger partial charge on any atom is 0.224 e. The molecule has 1 fully saturated rings. The third-order valence-electron chi connectivity index (χ3n) is 4.92. The molecular formula is C22H37N5O. The molecule has 0 aromatic heterocycles. The van der Waals surface area contributed by atoms with E-state index < -0.39 is 0 Å². The molecule has 3 N–H and O–H groups in total. The van der Waals surface area contributed by atoms with Crippen molar-refractivity contribution in [2.45, 2.75) is 65.5 Å². The molecule has 1 aliphatic rings. The Kier molecular flexibility index (Phi) is 9.83. The summed E-state index contributed by atoms with van der Waals surface area (Å²) in [5.74, 6) is 0.935. The maximum absolute atomic E-state index is 11.8. The van der Waals surface area contributed by atoms with Crippen LogP contribution in [0.4, 0.5) is 5.69 Å². The number of carbonyl (C=O) groups is 1. The van der Waals surface area contributed by atoms with Crippen molar-refractivity contribution < 1.29 is 4.79 Å². The van der Waals surface area contributed by atoms with Gasteiger partial charge in [0.2, 0.25) is 5.91 Å². The second-order valence-corrected chi connectivity index (χ2v) is 7.45. The largest absolute Gasteiger partial charge is 0.357 e. The fourth-order valence-electron chi connectivity index (χ4n) is 3.50. The second kappa shape index (κ2) is 12.4. The number of hydrogen-bond acceptors (Lipinski definition) is 3. The summed E-state index contributed by atoms with van der Waals surface area (Å²) in [6, 6.07) is 8.42. The van der Waals surface area contributed by atoms with Crippen LogP contribution in [0.1, 0.15) is 58.4 Å². The number of rotatable bonds is 9. The van der Waals surface area contributed by atoms with Crippen LogP contribution in [0.25, 0.3) is 0 Å². The van der Waals surface area contributed by atoms with Crippen LogP contribution in [0.15, 0.2) is 29.3 Å². The number of nitrogens with zero attached hydrogens (tertiary/aromatic N) is 2. The van der Waals surface area contributed by atoms with Crippen molar-refractivity contribution in [3.05, 3.63) is 29.8 Å². The number of benzene rings is 1. The number of hydrogen-bond donors (Lipinski definition) is 3. The van der Waals surface area contributed by atoms with E-state index in [9.17, 15) is 4.79 Å². The van der Waals surface area contributed by atoms with Crippen LogP contribution in [-0.2, 0) is 11.3 Å². The van der Waals surface area contributed by atoms with Crippen molar-refractivity contribution in [2.75, 3.05) is 31.5 Å². The molecule has 0 saturated carbocycles. The molecule has 1 heterocycles. The van der Waals surface area contributed by atoms with Gasteiger partial charge >= 0.3 is 0 Å². The van der Waals surface area contributed by atoms with E-state index in [-0.39, 0.29) is 5.91 Å². The molecule has 0 bridgehead atoms. The van der Waals surface area contributed by atoms with Crippen molar-refractivity contribution >= 4 is 17.6 Å². The minimum absolute atomic E-state index is 0.0626. The SMILES string of the molecule is CCCC(=O)Nc1cccc(CN=C(NCC)NC2CCN(CCC)CC2)c1. The first-order valence-corrected chi connectivity index (χ1v) is 10.8. The number of carbonyl (C=O) groups excluding carboxylic acids is 1. The van der Waals surface area contributed by atoms with Gasteiger partial charge in [0.25, 0.3) is 0 Å². The van der Waals surface area contributed by atoms with Crippen molar-refractivity contribution in [1.29, 1.82) is 0 Å². The highest BCUT2D eigenvalue weighted by Crippen LogP contribution is 2.13. The first-order valence-electron chi connectivity index (χ1n) is 10.8. The summed E-state index contributed by atoms with van der Waals surface area (Å²) in [7, 11) is 0. The Morgan fingerprint density at radius 3 is 2.64 bits per heavy atom. The van der Waals surface area contributed by atoms with Gasteiger partial charge in [0.1, 0.15) is 0 Å². The van der Waals surface area contributed by atoms with E-state index in [0.717, 1.165) is 56.1 Å². The van der Waals surface area contributed by atoms with Gasteiger partial charge in [-0.25, -0.2) is 4.99 Å². The summed E-state index contributed by atoms with van der Waals surface area (Å²) >= 11 is 0. The lowest BCUT2D eigenvalue weighted by atomic mass is 10.1. The highest BCUT2D eigenvalue weighted by atomic mass is 16.1. The third kappa shape index (κ3) is 7.89. The van der Waals surface area contributed by atoms with Gasteiger partial charge in [-0.1, -0.05) is 26.0 Å². The summed E-state index contributed by atoms with van der Waals surface area (Å²) in [4.78, 5) is 19.1. The predicted molar refractivity (Wildman–Crippen MR) is 118 cm³/mol. The van der Waals surface area contributed by atoms with Gasteiger partial charge in [0.05, 0.1) is 6.54 Å². The highest BCUT2D eigenvalue weighted by Gasteiger charge is 2.19. The average molecular weight is 388 g/mol. The van der Waals surface area contributed by atoms with Crippen LogP contribution < -0.4 is 16.0 Å². The van der Waals surface area contributed by atoms with Crippen LogP contribution in [0.5, 0.6) is 0 Å². The second-order valence-electron chi connectivity index (χ2n) is 7.45. The molecule has 1 amide bonds. The van der Waals surface area contributed by atoms with Gasteiger partial charge in [0, 0.05) is 37.8 Å². The Morgan fingerprint density at radius 2 is 1.96 bits per heavy atom. The molecule has 1 aliphatic heterocycles. The molecule has 0 atom stereocenters. The molecule has 6 nitrogen and oxygen atoms in total. The van der Waals surface area contributed by atoms with Gasteiger partial charge in [0.15, 0.2) is 5.96 Å². The molecule has 6 heteroatoms. The molecule has 156 valence electrons. The molecule has 1 aromatic rings. The quantitative estimate of drug-likeness (QED) is 0.449. The van der Waals surface area contributed by atoms with Gasteiger partial charge < -0.3 is 20.9 Å². The van der Waals surface area contributed by atoms with Crippen LogP contribution in [0, 0.1) is 0 Å². The summed E-state index contributed by atoms with van der Waals surface area (Å²) in [5.41, 5.74) is 1.93. The van der Waals surface area contributed by atoms with Crippen molar-refractivity contribution in [2.24, 2.45) is 4.99 Å². The topological polar surface area (TPSA) is 68.8 Å². The summed E-state index contributed by atoms with van der Waals surface area (Å²) in [5, 5.41) is 9.90. The monoisotopic (exact) mass is 387 g/mol. The standard InChI is InChI=1S/C22H37N5O/c1-4-8-21(28)25-20-10-7-9-18(16-20)17-24-22(23-6-3)26-19-11-14-27(13-5-2)15-12-19/h7,9-10,16,19H,4-6,8,11-15,17H2,1-3H3,(H,25,28)(H2,23,24,26). The van der Waals surface area contributed by atoms with Gasteiger partial charge in [-0.05, 0) is 56.8 Å². The Morgan fingerprint density at radius 1 is 1.18 bits per heavy atom. The maximum atomic E-state index is 11.8. The van der Waals surface area contributed by atoms with Crippen LogP contribution >= 0.6 is 0 Å². The summed E-state index contributed by atoms with van der Waals surface area (Å²) < 4.78 is 0. The molecular weight excluding hydrogens is 350 g/mol. The van der Waals surface area contributed by atoms with Gasteiger partial charge in [-0.3, -0.25) is 4.79 Å². The fourth-order valence-corrected chi connectivity index (χ4v) is 3.50. The van der Waals surface area contributed by atoms with E-state index in [1.165, 1.54) is 13.0 Å². The molecule has 1 aromatic carbocycles. The van der Waals surface area contributed by atoms with Crippen LogP contribution in [0.3, 0.4) is 0 Å². The molecule has 0 radical (unpaired) electrons. The van der Waals surface area contributed by atoms with Gasteiger partial charge in [-0.15, -0.1) is 0 Å². The van der Waals surface area contributed by atoms with Gasteiger partial charge in [-0.2, -0.15) is 0 Å². The van der Waals surface area contributed by atoms with E-state index in [2.05, 4.69) is 34.7 Å². The Labute approximate surface area is 170 Å². The zero-order valence-electron chi connectivity index (χ0n) is 17.8. The first kappa shape index (κ1) is 22.2. The number of nitrogens with one attached hydrogen (secondary N) is 3. The highest BCUT2D eigenvalue weighted by molar-refractivity contribution is 5.90. The molecule has 28 heavy (non-hydrogen) atoms. The zero-order valence-corrected chi connectivity index (χ0v) is 17.8. The van der Waals surface area contributed by atoms with E-state index in [0.29, 0.717) is 19.0 Å². The number of piperidine rings is 1. The fraction of sp³-hybridized carbons (Fsp3) is 0.636. The molecule has 1 saturated heterocycles. The van der Waals surface area contributed by atoms with Crippen LogP contribution in [0.2, 0.25) is 0 Å². The van der Waals surface area contributed by atoms with Crippen LogP contribution in [-0.4, -0.2) is 49.0 Å². The lowest BCUT2D eigenvalue weighted by molar-refractivity contribution is -0.116. The van der Waals surface area contributed by atoms with Crippen molar-refractivity contribution in [3.8, 4) is 0 Å². The van der Waals surface area contributed by atoms with E-state index in [1.807, 2.05) is 31.2 Å². The van der Waals surface area contributed by atoms with E-state index in [1.54, 1.807) is 0 Å². The smallest absolute Gasteiger partial charge is 0.224 e. The minimum Gasteiger partial charge on any atom is -0.357 e. The van der Waals surface area contributed by atoms with Crippen molar-refractivity contribution in [1.82, 2.24) is 15.5 Å². The zero-order chi connectivity index (χ0) is 20.2. The van der Waals surface area contributed by atoms with E-state index in [4.69, 9.17) is 4.99 Å². The lowest BCUT2D eigenvalue weighted by Gasteiger charge is -2.32. The summed E-state index contributed by atoms with van der Waals surface area (Å²) in [6.07, 6.45) is 4.94. The third-order valence-corrected chi connectivity index (χ3v) is 4.92. The molecule has 2 rings (SSSR count).